The maximum atomic E-state index is 5.48. The van der Waals surface area contributed by atoms with Gasteiger partial charge < -0.3 is 15.7 Å². The zero-order chi connectivity index (χ0) is 21.5. The van der Waals surface area contributed by atoms with Gasteiger partial charge in [0.25, 0.3) is 0 Å². The van der Waals surface area contributed by atoms with E-state index in [-0.39, 0.29) is 0 Å². The molecule has 1 aliphatic rings. The Bertz CT molecular complexity index is 1180. The number of anilines is 1. The Morgan fingerprint density at radius 2 is 1.94 bits per heavy atom. The quantitative estimate of drug-likeness (QED) is 0.383. The summed E-state index contributed by atoms with van der Waals surface area (Å²) >= 11 is 0. The van der Waals surface area contributed by atoms with Gasteiger partial charge in [0.15, 0.2) is 11.5 Å². The second-order valence-corrected chi connectivity index (χ2v) is 7.35. The fraction of sp³-hybridized carbons (Fsp3) is 0.217. The van der Waals surface area contributed by atoms with Crippen molar-refractivity contribution in [2.24, 2.45) is 0 Å². The van der Waals surface area contributed by atoms with Crippen molar-refractivity contribution in [1.29, 1.82) is 0 Å². The van der Waals surface area contributed by atoms with Gasteiger partial charge in [0.05, 0.1) is 6.33 Å². The number of H-pyrrole nitrogens is 2. The van der Waals surface area contributed by atoms with Crippen LogP contribution in [-0.2, 0) is 0 Å². The van der Waals surface area contributed by atoms with Crippen LogP contribution in [0.2, 0.25) is 0 Å². The molecule has 0 amide bonds. The normalized spacial score (nSPS) is 15.8. The number of likely N-dealkylation sites (tertiary alicyclic amines) is 1. The predicted molar refractivity (Wildman–Crippen MR) is 123 cm³/mol. The molecule has 158 valence electrons. The summed E-state index contributed by atoms with van der Waals surface area (Å²) in [4.78, 5) is 24.0. The summed E-state index contributed by atoms with van der Waals surface area (Å²) in [6, 6.07) is 15.1. The molecule has 1 aromatic carbocycles. The highest BCUT2D eigenvalue weighted by Gasteiger charge is 2.21. The molecule has 4 N–H and O–H groups in total. The Balaban J connectivity index is 0.000000113. The first-order valence-electron chi connectivity index (χ1n) is 10.2. The zero-order valence-electron chi connectivity index (χ0n) is 17.4. The Morgan fingerprint density at radius 3 is 2.68 bits per heavy atom. The first kappa shape index (κ1) is 20.5. The van der Waals surface area contributed by atoms with Gasteiger partial charge in [0.2, 0.25) is 0 Å². The highest BCUT2D eigenvalue weighted by molar-refractivity contribution is 5.80. The molecule has 8 nitrogen and oxygen atoms in total. The molecule has 31 heavy (non-hydrogen) atoms. The number of nitrogens with one attached hydrogen (secondary N) is 2. The molecule has 1 atom stereocenters. The molecule has 0 aliphatic carbocycles. The standard InChI is InChI=1S/C10H14N2.C8H7N.C5H5N5/c1-12-7-3-5-10(12)9-4-2-6-11-8-9;1-2-4-8-7(3-1)5-6-9-8;6-4-3-5(9-1-7-3)10-2-8-4/h2,4,6,8,10H,3,5,7H2,1H3;1-6,9H;1-2H,(H3,6,7,8,9,10). The Morgan fingerprint density at radius 1 is 1.03 bits per heavy atom. The van der Waals surface area contributed by atoms with Crippen LogP contribution in [0.1, 0.15) is 24.4 Å². The van der Waals surface area contributed by atoms with Crippen LogP contribution >= 0.6 is 0 Å². The molecule has 1 saturated heterocycles. The first-order chi connectivity index (χ1) is 15.2. The minimum atomic E-state index is 0.433. The van der Waals surface area contributed by atoms with Gasteiger partial charge in [0, 0.05) is 30.1 Å². The first-order valence-corrected chi connectivity index (χ1v) is 10.2. The number of benzene rings is 1. The van der Waals surface area contributed by atoms with Gasteiger partial charge in [-0.25, -0.2) is 15.0 Å². The molecule has 8 heteroatoms. The Hall–Kier alpha value is -3.78. The number of aromatic amines is 2. The van der Waals surface area contributed by atoms with Crippen LogP contribution in [0.4, 0.5) is 5.82 Å². The lowest BCUT2D eigenvalue weighted by Crippen LogP contribution is -2.17. The van der Waals surface area contributed by atoms with Gasteiger partial charge in [-0.2, -0.15) is 0 Å². The molecule has 1 aliphatic heterocycles. The average Bonchev–Trinajstić information content (AvgIpc) is 3.56. The lowest BCUT2D eigenvalue weighted by molar-refractivity contribution is 0.317. The van der Waals surface area contributed by atoms with Crippen molar-refractivity contribution in [2.75, 3.05) is 19.3 Å². The molecule has 4 aromatic heterocycles. The van der Waals surface area contributed by atoms with Gasteiger partial charge in [-0.1, -0.05) is 24.3 Å². The molecular formula is C23H26N8. The Labute approximate surface area is 180 Å². The molecular weight excluding hydrogens is 388 g/mol. The maximum absolute atomic E-state index is 5.48. The van der Waals surface area contributed by atoms with Crippen molar-refractivity contribution in [3.05, 3.63) is 79.3 Å². The van der Waals surface area contributed by atoms with Gasteiger partial charge in [-0.05, 0) is 55.6 Å². The number of nitrogens with zero attached hydrogens (tertiary/aromatic N) is 5. The van der Waals surface area contributed by atoms with Crippen molar-refractivity contribution < 1.29 is 0 Å². The predicted octanol–water partition coefficient (Wildman–Crippen LogP) is 3.95. The number of fused-ring (bicyclic) bond motifs is 2. The van der Waals surface area contributed by atoms with E-state index in [9.17, 15) is 0 Å². The van der Waals surface area contributed by atoms with E-state index >= 15 is 0 Å². The largest absolute Gasteiger partial charge is 0.382 e. The second-order valence-electron chi connectivity index (χ2n) is 7.35. The van der Waals surface area contributed by atoms with Gasteiger partial charge in [-0.15, -0.1) is 0 Å². The molecule has 5 heterocycles. The summed E-state index contributed by atoms with van der Waals surface area (Å²) < 4.78 is 0. The van der Waals surface area contributed by atoms with E-state index in [4.69, 9.17) is 5.73 Å². The van der Waals surface area contributed by atoms with Crippen LogP contribution in [0, 0.1) is 0 Å². The number of hydrogen-bond acceptors (Lipinski definition) is 6. The summed E-state index contributed by atoms with van der Waals surface area (Å²) in [7, 11) is 2.19. The van der Waals surface area contributed by atoms with E-state index < -0.39 is 0 Å². The highest BCUT2D eigenvalue weighted by Crippen LogP contribution is 2.29. The van der Waals surface area contributed by atoms with Crippen molar-refractivity contribution in [1.82, 2.24) is 34.8 Å². The monoisotopic (exact) mass is 414 g/mol. The van der Waals surface area contributed by atoms with Crippen molar-refractivity contribution in [3.8, 4) is 0 Å². The molecule has 1 unspecified atom stereocenters. The van der Waals surface area contributed by atoms with Gasteiger partial charge in [0.1, 0.15) is 11.8 Å². The SMILES string of the molecule is CN1CCCC1c1cccnc1.Nc1ncnc2nc[nH]c12.c1ccc2[nH]ccc2c1. The van der Waals surface area contributed by atoms with Crippen molar-refractivity contribution in [2.45, 2.75) is 18.9 Å². The van der Waals surface area contributed by atoms with Crippen molar-refractivity contribution in [3.63, 3.8) is 0 Å². The van der Waals surface area contributed by atoms with Crippen LogP contribution in [0.5, 0.6) is 0 Å². The zero-order valence-corrected chi connectivity index (χ0v) is 17.4. The van der Waals surface area contributed by atoms with Crippen molar-refractivity contribution >= 4 is 27.9 Å². The number of imidazole rings is 1. The maximum Gasteiger partial charge on any atom is 0.182 e. The molecule has 0 bridgehead atoms. The van der Waals surface area contributed by atoms with E-state index in [0.29, 0.717) is 23.0 Å². The second kappa shape index (κ2) is 9.82. The topological polar surface area (TPSA) is 112 Å². The van der Waals surface area contributed by atoms with Gasteiger partial charge >= 0.3 is 0 Å². The molecule has 5 aromatic rings. The van der Waals surface area contributed by atoms with Crippen LogP contribution in [-0.4, -0.2) is 48.4 Å². The summed E-state index contributed by atoms with van der Waals surface area (Å²) in [5.41, 5.74) is 9.34. The average molecular weight is 415 g/mol. The van der Waals surface area contributed by atoms with Crippen LogP contribution in [0.3, 0.4) is 0 Å². The third-order valence-corrected chi connectivity index (χ3v) is 5.30. The molecule has 0 radical (unpaired) electrons. The summed E-state index contributed by atoms with van der Waals surface area (Å²) in [6.07, 6.45) is 11.3. The fourth-order valence-electron chi connectivity index (χ4n) is 3.68. The fourth-order valence-corrected chi connectivity index (χ4v) is 3.68. The lowest BCUT2D eigenvalue weighted by Gasteiger charge is -2.18. The van der Waals surface area contributed by atoms with E-state index in [1.54, 1.807) is 0 Å². The molecule has 1 fully saturated rings. The van der Waals surface area contributed by atoms with E-state index in [1.807, 2.05) is 36.8 Å². The molecule has 6 rings (SSSR count). The molecule has 0 saturated carbocycles. The minimum absolute atomic E-state index is 0.433. The number of aromatic nitrogens is 6. The van der Waals surface area contributed by atoms with Crippen LogP contribution in [0.25, 0.3) is 22.1 Å². The third kappa shape index (κ3) is 5.04. The lowest BCUT2D eigenvalue weighted by atomic mass is 10.1. The number of pyridine rings is 1. The minimum Gasteiger partial charge on any atom is -0.382 e. The van der Waals surface area contributed by atoms with Crippen LogP contribution < -0.4 is 5.73 Å². The number of nitrogens with two attached hydrogens (primary N) is 1. The van der Waals surface area contributed by atoms with Gasteiger partial charge in [-0.3, -0.25) is 9.88 Å². The number of nitrogen functional groups attached to an aromatic ring is 1. The van der Waals surface area contributed by atoms with E-state index in [2.05, 4.69) is 66.1 Å². The summed E-state index contributed by atoms with van der Waals surface area (Å²) in [6.45, 7) is 1.22. The van der Waals surface area contributed by atoms with E-state index in [0.717, 1.165) is 0 Å². The van der Waals surface area contributed by atoms with Crippen LogP contribution in [0.15, 0.2) is 73.7 Å². The summed E-state index contributed by atoms with van der Waals surface area (Å²) in [5, 5.41) is 1.28. The number of hydrogen-bond donors (Lipinski definition) is 3. The smallest absolute Gasteiger partial charge is 0.182 e. The summed E-state index contributed by atoms with van der Waals surface area (Å²) in [5.74, 6) is 0.433. The highest BCUT2D eigenvalue weighted by atomic mass is 15.1. The van der Waals surface area contributed by atoms with E-state index in [1.165, 1.54) is 48.5 Å². The third-order valence-electron chi connectivity index (χ3n) is 5.30. The molecule has 0 spiro atoms. The Kier molecular flexibility index (Phi) is 6.49. The number of rotatable bonds is 1. The number of para-hydroxylation sites is 1.